The molecule has 0 saturated carbocycles. The van der Waals surface area contributed by atoms with Gasteiger partial charge in [0.2, 0.25) is 5.91 Å². The number of amides is 1. The zero-order valence-electron chi connectivity index (χ0n) is 14.0. The Labute approximate surface area is 151 Å². The van der Waals surface area contributed by atoms with E-state index in [-0.39, 0.29) is 11.8 Å². The normalized spacial score (nSPS) is 18.5. The Hall–Kier alpha value is -1.43. The highest BCUT2D eigenvalue weighted by Crippen LogP contribution is 2.32. The summed E-state index contributed by atoms with van der Waals surface area (Å²) in [5, 5.41) is 4.68. The Morgan fingerprint density at radius 2 is 2.25 bits per heavy atom. The number of aryl methyl sites for hydroxylation is 1. The van der Waals surface area contributed by atoms with E-state index in [0.29, 0.717) is 11.6 Å². The van der Waals surface area contributed by atoms with Crippen LogP contribution in [-0.4, -0.2) is 35.9 Å². The molecule has 1 aromatic carbocycles. The molecule has 4 nitrogen and oxygen atoms in total. The van der Waals surface area contributed by atoms with Crippen molar-refractivity contribution in [2.24, 2.45) is 5.92 Å². The van der Waals surface area contributed by atoms with Gasteiger partial charge in [-0.1, -0.05) is 29.8 Å². The van der Waals surface area contributed by atoms with Crippen LogP contribution in [0.5, 0.6) is 0 Å². The maximum Gasteiger partial charge on any atom is 0.224 e. The lowest BCUT2D eigenvalue weighted by Gasteiger charge is -2.28. The predicted octanol–water partition coefficient (Wildman–Crippen LogP) is 3.73. The Kier molecular flexibility index (Phi) is 5.54. The molecule has 2 heterocycles. The number of rotatable bonds is 4. The van der Waals surface area contributed by atoms with Crippen LogP contribution in [0.3, 0.4) is 0 Å². The summed E-state index contributed by atoms with van der Waals surface area (Å²) in [4.78, 5) is 20.3. The summed E-state index contributed by atoms with van der Waals surface area (Å²) in [6, 6.07) is 7.71. The fourth-order valence-corrected chi connectivity index (χ4v) is 4.36. The van der Waals surface area contributed by atoms with E-state index >= 15 is 0 Å². The average Bonchev–Trinajstić information content (AvgIpc) is 2.93. The van der Waals surface area contributed by atoms with Gasteiger partial charge in [0.15, 0.2) is 0 Å². The van der Waals surface area contributed by atoms with E-state index in [1.54, 1.807) is 11.3 Å². The molecule has 1 unspecified atom stereocenters. The summed E-state index contributed by atoms with van der Waals surface area (Å²) < 4.78 is 0. The first kappa shape index (κ1) is 17.4. The van der Waals surface area contributed by atoms with Gasteiger partial charge in [0.1, 0.15) is 5.01 Å². The molecule has 1 atom stereocenters. The Morgan fingerprint density at radius 3 is 3.00 bits per heavy atom. The molecule has 1 aliphatic heterocycles. The standard InChI is InChI=1S/C18H22ClN3OS/c1-12-16(10-20-17(23)13-6-5-9-22(2)11-13)24-18(21-12)14-7-3-4-8-15(14)19/h3-4,7-8,13H,5-6,9-11H2,1-2H3,(H,20,23). The highest BCUT2D eigenvalue weighted by atomic mass is 35.5. The number of carbonyl (C=O) groups is 1. The average molecular weight is 364 g/mol. The van der Waals surface area contributed by atoms with Gasteiger partial charge in [-0.3, -0.25) is 4.79 Å². The number of hydrogen-bond acceptors (Lipinski definition) is 4. The lowest BCUT2D eigenvalue weighted by molar-refractivity contribution is -0.126. The number of aromatic nitrogens is 1. The van der Waals surface area contributed by atoms with Crippen molar-refractivity contribution >= 4 is 28.8 Å². The minimum Gasteiger partial charge on any atom is -0.351 e. The van der Waals surface area contributed by atoms with Crippen molar-refractivity contribution in [3.63, 3.8) is 0 Å². The zero-order chi connectivity index (χ0) is 17.1. The molecule has 24 heavy (non-hydrogen) atoms. The summed E-state index contributed by atoms with van der Waals surface area (Å²) in [6.45, 7) is 4.44. The molecule has 0 aliphatic carbocycles. The van der Waals surface area contributed by atoms with Crippen LogP contribution in [-0.2, 0) is 11.3 Å². The molecule has 0 radical (unpaired) electrons. The van der Waals surface area contributed by atoms with E-state index in [2.05, 4.69) is 22.2 Å². The molecule has 6 heteroatoms. The number of thiazole rings is 1. The maximum absolute atomic E-state index is 12.4. The topological polar surface area (TPSA) is 45.2 Å². The second kappa shape index (κ2) is 7.64. The second-order valence-electron chi connectivity index (χ2n) is 6.33. The van der Waals surface area contributed by atoms with Gasteiger partial charge in [0.05, 0.1) is 23.2 Å². The second-order valence-corrected chi connectivity index (χ2v) is 7.82. The third kappa shape index (κ3) is 3.97. The zero-order valence-corrected chi connectivity index (χ0v) is 15.6. The van der Waals surface area contributed by atoms with Gasteiger partial charge in [-0.2, -0.15) is 0 Å². The summed E-state index contributed by atoms with van der Waals surface area (Å²) in [5.41, 5.74) is 1.90. The smallest absolute Gasteiger partial charge is 0.224 e. The van der Waals surface area contributed by atoms with E-state index in [0.717, 1.165) is 47.1 Å². The molecule has 0 bridgehead atoms. The molecule has 1 N–H and O–H groups in total. The third-order valence-corrected chi connectivity index (χ3v) is 5.94. The van der Waals surface area contributed by atoms with Crippen LogP contribution >= 0.6 is 22.9 Å². The molecule has 1 aromatic heterocycles. The number of halogens is 1. The van der Waals surface area contributed by atoms with Crippen molar-refractivity contribution in [1.29, 1.82) is 0 Å². The van der Waals surface area contributed by atoms with Gasteiger partial charge >= 0.3 is 0 Å². The first-order chi connectivity index (χ1) is 11.5. The largest absolute Gasteiger partial charge is 0.351 e. The molecule has 1 aliphatic rings. The van der Waals surface area contributed by atoms with E-state index < -0.39 is 0 Å². The van der Waals surface area contributed by atoms with Crippen LogP contribution in [0.15, 0.2) is 24.3 Å². The van der Waals surface area contributed by atoms with Gasteiger partial charge in [0, 0.05) is 17.0 Å². The predicted molar refractivity (Wildman–Crippen MR) is 99.4 cm³/mol. The van der Waals surface area contributed by atoms with Crippen molar-refractivity contribution < 1.29 is 4.79 Å². The van der Waals surface area contributed by atoms with Gasteiger partial charge in [-0.15, -0.1) is 11.3 Å². The summed E-state index contributed by atoms with van der Waals surface area (Å²) in [7, 11) is 2.07. The number of nitrogens with one attached hydrogen (secondary N) is 1. The fraction of sp³-hybridized carbons (Fsp3) is 0.444. The van der Waals surface area contributed by atoms with E-state index in [1.165, 1.54) is 0 Å². The number of nitrogens with zero attached hydrogens (tertiary/aromatic N) is 2. The van der Waals surface area contributed by atoms with Crippen LogP contribution in [0.2, 0.25) is 5.02 Å². The quantitative estimate of drug-likeness (QED) is 0.900. The monoisotopic (exact) mass is 363 g/mol. The van der Waals surface area contributed by atoms with Crippen LogP contribution < -0.4 is 5.32 Å². The molecule has 0 spiro atoms. The molecule has 128 valence electrons. The molecule has 3 rings (SSSR count). The van der Waals surface area contributed by atoms with Crippen LogP contribution in [0, 0.1) is 12.8 Å². The number of piperidine rings is 1. The number of benzene rings is 1. The maximum atomic E-state index is 12.4. The van der Waals surface area contributed by atoms with E-state index in [1.807, 2.05) is 31.2 Å². The number of hydrogen-bond donors (Lipinski definition) is 1. The Bertz CT molecular complexity index is 731. The number of likely N-dealkylation sites (tertiary alicyclic amines) is 1. The SMILES string of the molecule is Cc1nc(-c2ccccc2Cl)sc1CNC(=O)C1CCCN(C)C1. The van der Waals surface area contributed by atoms with Crippen molar-refractivity contribution in [2.75, 3.05) is 20.1 Å². The van der Waals surface area contributed by atoms with Crippen LogP contribution in [0.25, 0.3) is 10.6 Å². The van der Waals surface area contributed by atoms with Gasteiger partial charge in [-0.05, 0) is 39.4 Å². The van der Waals surface area contributed by atoms with Crippen molar-refractivity contribution in [3.8, 4) is 10.6 Å². The van der Waals surface area contributed by atoms with Crippen molar-refractivity contribution in [1.82, 2.24) is 15.2 Å². The van der Waals surface area contributed by atoms with E-state index in [4.69, 9.17) is 11.6 Å². The molecule has 1 amide bonds. The first-order valence-electron chi connectivity index (χ1n) is 8.22. The van der Waals surface area contributed by atoms with Crippen LogP contribution in [0.4, 0.5) is 0 Å². The minimum atomic E-state index is 0.0972. The number of carbonyl (C=O) groups excluding carboxylic acids is 1. The van der Waals surface area contributed by atoms with Crippen LogP contribution in [0.1, 0.15) is 23.4 Å². The molecule has 2 aromatic rings. The third-order valence-electron chi connectivity index (χ3n) is 4.42. The fourth-order valence-electron chi connectivity index (χ4n) is 3.03. The van der Waals surface area contributed by atoms with Crippen molar-refractivity contribution in [2.45, 2.75) is 26.3 Å². The van der Waals surface area contributed by atoms with Gasteiger partial charge in [-0.25, -0.2) is 4.98 Å². The molecule has 1 saturated heterocycles. The Balaban J connectivity index is 1.66. The lowest BCUT2D eigenvalue weighted by atomic mass is 9.98. The first-order valence-corrected chi connectivity index (χ1v) is 9.41. The van der Waals surface area contributed by atoms with E-state index in [9.17, 15) is 4.79 Å². The molecular formula is C18H22ClN3OS. The Morgan fingerprint density at radius 1 is 1.46 bits per heavy atom. The summed E-state index contributed by atoms with van der Waals surface area (Å²) in [5.74, 6) is 0.244. The minimum absolute atomic E-state index is 0.0972. The van der Waals surface area contributed by atoms with Gasteiger partial charge < -0.3 is 10.2 Å². The molecular weight excluding hydrogens is 342 g/mol. The highest BCUT2D eigenvalue weighted by Gasteiger charge is 2.24. The highest BCUT2D eigenvalue weighted by molar-refractivity contribution is 7.15. The lowest BCUT2D eigenvalue weighted by Crippen LogP contribution is -2.41. The summed E-state index contributed by atoms with van der Waals surface area (Å²) in [6.07, 6.45) is 2.06. The van der Waals surface area contributed by atoms with Gasteiger partial charge in [0.25, 0.3) is 0 Å². The molecule has 1 fully saturated rings. The van der Waals surface area contributed by atoms with Crippen molar-refractivity contribution in [3.05, 3.63) is 39.9 Å². The summed E-state index contributed by atoms with van der Waals surface area (Å²) >= 11 is 7.85.